The van der Waals surface area contributed by atoms with E-state index in [1.807, 2.05) is 0 Å². The van der Waals surface area contributed by atoms with Crippen molar-refractivity contribution in [3.05, 3.63) is 0 Å². The summed E-state index contributed by atoms with van der Waals surface area (Å²) in [4.78, 5) is 24.1. The largest absolute Gasteiger partial charge is 0.480 e. The summed E-state index contributed by atoms with van der Waals surface area (Å²) in [5.74, 6) is -1.53. The van der Waals surface area contributed by atoms with E-state index >= 15 is 0 Å². The van der Waals surface area contributed by atoms with Crippen LogP contribution in [-0.2, 0) is 19.1 Å². The molecule has 0 aromatic rings. The number of likely N-dealkylation sites (tertiary alicyclic amines) is 1. The Morgan fingerprint density at radius 1 is 1.29 bits per heavy atom. The smallest absolute Gasteiger partial charge is 0.326 e. The van der Waals surface area contributed by atoms with Crippen LogP contribution >= 0.6 is 0 Å². The minimum atomic E-state index is -1.10. The molecule has 0 aliphatic carbocycles. The number of rotatable bonds is 2. The lowest BCUT2D eigenvalue weighted by atomic mass is 10.2. The Balaban J connectivity index is 2.04. The lowest BCUT2D eigenvalue weighted by molar-refractivity contribution is -0.163. The summed E-state index contributed by atoms with van der Waals surface area (Å²) in [5.41, 5.74) is 0. The molecule has 2 aliphatic rings. The van der Waals surface area contributed by atoms with Crippen molar-refractivity contribution in [1.82, 2.24) is 4.90 Å². The van der Waals surface area contributed by atoms with E-state index < -0.39 is 30.1 Å². The van der Waals surface area contributed by atoms with Gasteiger partial charge >= 0.3 is 5.97 Å². The van der Waals surface area contributed by atoms with Gasteiger partial charge in [0.25, 0.3) is 5.91 Å². The number of amides is 1. The third-order valence-electron chi connectivity index (χ3n) is 2.94. The molecule has 3 atom stereocenters. The Labute approximate surface area is 97.9 Å². The number of carboxylic acids is 1. The Morgan fingerprint density at radius 2 is 2.06 bits per heavy atom. The first-order valence-corrected chi connectivity index (χ1v) is 5.50. The summed E-state index contributed by atoms with van der Waals surface area (Å²) in [6, 6.07) is -0.969. The number of hydrogen-bond acceptors (Lipinski definition) is 5. The van der Waals surface area contributed by atoms with E-state index in [4.69, 9.17) is 14.6 Å². The highest BCUT2D eigenvalue weighted by molar-refractivity contribution is 5.87. The number of carbonyl (C=O) groups excluding carboxylic acids is 1. The van der Waals surface area contributed by atoms with Crippen LogP contribution < -0.4 is 0 Å². The van der Waals surface area contributed by atoms with Crippen molar-refractivity contribution in [1.29, 1.82) is 0 Å². The molecular formula is C10H15NO6. The summed E-state index contributed by atoms with van der Waals surface area (Å²) in [6.07, 6.45) is -1.48. The number of aliphatic hydroxyl groups excluding tert-OH is 1. The average molecular weight is 245 g/mol. The van der Waals surface area contributed by atoms with Crippen molar-refractivity contribution in [3.63, 3.8) is 0 Å². The number of carbonyl (C=O) groups is 2. The lowest BCUT2D eigenvalue weighted by Gasteiger charge is -2.28. The second-order valence-corrected chi connectivity index (χ2v) is 4.17. The van der Waals surface area contributed by atoms with Gasteiger partial charge in [-0.2, -0.15) is 0 Å². The Morgan fingerprint density at radius 3 is 2.65 bits per heavy atom. The van der Waals surface area contributed by atoms with Crippen LogP contribution in [0.1, 0.15) is 6.42 Å². The molecule has 2 aliphatic heterocycles. The highest BCUT2D eigenvalue weighted by Gasteiger charge is 2.41. The highest BCUT2D eigenvalue weighted by atomic mass is 16.6. The minimum absolute atomic E-state index is 0.0374. The van der Waals surface area contributed by atoms with Gasteiger partial charge in [0.1, 0.15) is 6.04 Å². The molecular weight excluding hydrogens is 230 g/mol. The molecule has 0 spiro atoms. The number of β-amino-alcohol motifs (C(OH)–C–C–N with tert-alkyl or cyclic N) is 1. The van der Waals surface area contributed by atoms with Crippen LogP contribution in [0.15, 0.2) is 0 Å². The van der Waals surface area contributed by atoms with Crippen LogP contribution in [0.3, 0.4) is 0 Å². The molecule has 2 fully saturated rings. The molecule has 2 N–H and O–H groups in total. The van der Waals surface area contributed by atoms with Crippen molar-refractivity contribution in [2.24, 2.45) is 0 Å². The van der Waals surface area contributed by atoms with Gasteiger partial charge in [-0.3, -0.25) is 4.79 Å². The molecule has 7 heteroatoms. The van der Waals surface area contributed by atoms with Crippen LogP contribution in [0.5, 0.6) is 0 Å². The molecule has 2 saturated heterocycles. The molecule has 96 valence electrons. The molecule has 0 saturated carbocycles. The van der Waals surface area contributed by atoms with Crippen LogP contribution in [0, 0.1) is 0 Å². The molecule has 0 aromatic heterocycles. The van der Waals surface area contributed by atoms with E-state index in [1.54, 1.807) is 0 Å². The van der Waals surface area contributed by atoms with E-state index in [2.05, 4.69) is 0 Å². The number of carboxylic acid groups (broad SMARTS) is 1. The normalized spacial score (nSPS) is 33.7. The van der Waals surface area contributed by atoms with Crippen LogP contribution in [0.25, 0.3) is 0 Å². The van der Waals surface area contributed by atoms with Gasteiger partial charge in [-0.1, -0.05) is 0 Å². The predicted octanol–water partition coefficient (Wildman–Crippen LogP) is -1.55. The maximum Gasteiger partial charge on any atom is 0.326 e. The lowest BCUT2D eigenvalue weighted by Crippen LogP contribution is -2.49. The number of ether oxygens (including phenoxy) is 2. The van der Waals surface area contributed by atoms with Gasteiger partial charge in [0.2, 0.25) is 0 Å². The van der Waals surface area contributed by atoms with Crippen molar-refractivity contribution < 1.29 is 29.3 Å². The number of aliphatic hydroxyl groups is 1. The third-order valence-corrected chi connectivity index (χ3v) is 2.94. The fourth-order valence-electron chi connectivity index (χ4n) is 2.11. The molecule has 1 amide bonds. The van der Waals surface area contributed by atoms with Crippen molar-refractivity contribution in [2.45, 2.75) is 24.7 Å². The fraction of sp³-hybridized carbons (Fsp3) is 0.800. The van der Waals surface area contributed by atoms with Crippen LogP contribution in [-0.4, -0.2) is 71.6 Å². The molecule has 2 heterocycles. The number of aliphatic carboxylic acids is 1. The van der Waals surface area contributed by atoms with Crippen molar-refractivity contribution in [2.75, 3.05) is 26.4 Å². The van der Waals surface area contributed by atoms with Gasteiger partial charge in [0.15, 0.2) is 6.10 Å². The summed E-state index contributed by atoms with van der Waals surface area (Å²) in [6.45, 7) is 0.937. The SMILES string of the molecule is O=C(O)[C@@H]1C[C@@H](O)CN1C(=O)C1COCCO1. The van der Waals surface area contributed by atoms with E-state index in [1.165, 1.54) is 0 Å². The third kappa shape index (κ3) is 2.56. The van der Waals surface area contributed by atoms with Crippen LogP contribution in [0.2, 0.25) is 0 Å². The molecule has 0 bridgehead atoms. The van der Waals surface area contributed by atoms with E-state index in [0.717, 1.165) is 4.90 Å². The van der Waals surface area contributed by atoms with Crippen molar-refractivity contribution in [3.8, 4) is 0 Å². The number of nitrogens with zero attached hydrogens (tertiary/aromatic N) is 1. The highest BCUT2D eigenvalue weighted by Crippen LogP contribution is 2.20. The second kappa shape index (κ2) is 4.99. The fourth-order valence-corrected chi connectivity index (χ4v) is 2.11. The maximum absolute atomic E-state index is 12.0. The van der Waals surface area contributed by atoms with E-state index in [9.17, 15) is 14.7 Å². The van der Waals surface area contributed by atoms with Gasteiger partial charge in [-0.25, -0.2) is 4.79 Å². The zero-order valence-corrected chi connectivity index (χ0v) is 9.24. The second-order valence-electron chi connectivity index (χ2n) is 4.17. The monoisotopic (exact) mass is 245 g/mol. The summed E-state index contributed by atoms with van der Waals surface area (Å²) in [7, 11) is 0. The average Bonchev–Trinajstić information content (AvgIpc) is 2.72. The van der Waals surface area contributed by atoms with E-state index in [0.29, 0.717) is 13.2 Å². The molecule has 17 heavy (non-hydrogen) atoms. The maximum atomic E-state index is 12.0. The molecule has 0 radical (unpaired) electrons. The molecule has 2 rings (SSSR count). The Bertz CT molecular complexity index is 314. The summed E-state index contributed by atoms with van der Waals surface area (Å²) in [5, 5.41) is 18.4. The summed E-state index contributed by atoms with van der Waals surface area (Å²) < 4.78 is 10.3. The molecule has 1 unspecified atom stereocenters. The zero-order valence-electron chi connectivity index (χ0n) is 9.24. The quantitative estimate of drug-likeness (QED) is 0.611. The van der Waals surface area contributed by atoms with Gasteiger partial charge in [-0.05, 0) is 0 Å². The number of hydrogen-bond donors (Lipinski definition) is 2. The van der Waals surface area contributed by atoms with Gasteiger partial charge < -0.3 is 24.6 Å². The first kappa shape index (κ1) is 12.3. The Hall–Kier alpha value is -1.18. The first-order chi connectivity index (χ1) is 8.09. The first-order valence-electron chi connectivity index (χ1n) is 5.50. The molecule has 7 nitrogen and oxygen atoms in total. The standard InChI is InChI=1S/C10H15NO6/c12-6-3-7(10(14)15)11(4-6)9(13)8-5-16-1-2-17-8/h6-8,12H,1-5H2,(H,14,15)/t6-,7+,8?/m1/s1. The van der Waals surface area contributed by atoms with Gasteiger partial charge in [-0.15, -0.1) is 0 Å². The van der Waals surface area contributed by atoms with E-state index in [-0.39, 0.29) is 19.6 Å². The zero-order chi connectivity index (χ0) is 12.4. The topological polar surface area (TPSA) is 96.3 Å². The minimum Gasteiger partial charge on any atom is -0.480 e. The van der Waals surface area contributed by atoms with Gasteiger partial charge in [0, 0.05) is 13.0 Å². The Kier molecular flexibility index (Phi) is 3.60. The molecule has 0 aromatic carbocycles. The van der Waals surface area contributed by atoms with Crippen molar-refractivity contribution >= 4 is 11.9 Å². The summed E-state index contributed by atoms with van der Waals surface area (Å²) >= 11 is 0. The predicted molar refractivity (Wildman–Crippen MR) is 54.3 cm³/mol. The van der Waals surface area contributed by atoms with Gasteiger partial charge in [0.05, 0.1) is 25.9 Å². The van der Waals surface area contributed by atoms with Crippen LogP contribution in [0.4, 0.5) is 0 Å².